The van der Waals surface area contributed by atoms with Crippen LogP contribution >= 0.6 is 12.4 Å². The Labute approximate surface area is 138 Å². The molecule has 1 amide bonds. The van der Waals surface area contributed by atoms with Gasteiger partial charge in [0.15, 0.2) is 0 Å². The normalized spacial score (nSPS) is 11.2. The Hall–Kier alpha value is -1.15. The summed E-state index contributed by atoms with van der Waals surface area (Å²) in [4.78, 5) is 11.6. The molecule has 1 aromatic rings. The monoisotopic (exact) mass is 349 g/mol. The quantitative estimate of drug-likeness (QED) is 0.816. The summed E-state index contributed by atoms with van der Waals surface area (Å²) >= 11 is 0. The molecule has 3 N–H and O–H groups in total. The van der Waals surface area contributed by atoms with Crippen molar-refractivity contribution in [3.63, 3.8) is 0 Å². The van der Waals surface area contributed by atoms with Crippen molar-refractivity contribution in [3.8, 4) is 0 Å². The maximum atomic E-state index is 12.6. The number of benzene rings is 1. The zero-order valence-corrected chi connectivity index (χ0v) is 15.0. The third-order valence-corrected chi connectivity index (χ3v) is 5.47. The Kier molecular flexibility index (Phi) is 8.03. The van der Waals surface area contributed by atoms with Crippen molar-refractivity contribution in [2.75, 3.05) is 25.0 Å². The van der Waals surface area contributed by atoms with E-state index in [1.54, 1.807) is 19.9 Å². The number of sulfonamides is 1. The molecule has 0 bridgehead atoms. The van der Waals surface area contributed by atoms with Gasteiger partial charge in [-0.3, -0.25) is 4.79 Å². The van der Waals surface area contributed by atoms with Gasteiger partial charge >= 0.3 is 0 Å². The van der Waals surface area contributed by atoms with Crippen molar-refractivity contribution >= 4 is 34.0 Å². The number of nitrogens with one attached hydrogen (secondary N) is 1. The minimum absolute atomic E-state index is 0. The van der Waals surface area contributed by atoms with Gasteiger partial charge in [-0.2, -0.15) is 4.31 Å². The molecule has 0 radical (unpaired) electrons. The molecule has 0 heterocycles. The zero-order chi connectivity index (χ0) is 16.2. The van der Waals surface area contributed by atoms with Crippen LogP contribution in [0.15, 0.2) is 17.0 Å². The van der Waals surface area contributed by atoms with Gasteiger partial charge in [-0.1, -0.05) is 13.8 Å². The maximum Gasteiger partial charge on any atom is 0.243 e. The summed E-state index contributed by atoms with van der Waals surface area (Å²) in [5.74, 6) is -0.352. The minimum Gasteiger partial charge on any atom is -0.325 e. The van der Waals surface area contributed by atoms with E-state index >= 15 is 0 Å². The topological polar surface area (TPSA) is 92.5 Å². The highest BCUT2D eigenvalue weighted by atomic mass is 35.5. The number of rotatable bonds is 6. The van der Waals surface area contributed by atoms with Crippen LogP contribution in [0.3, 0.4) is 0 Å². The molecule has 0 aliphatic rings. The van der Waals surface area contributed by atoms with E-state index in [2.05, 4.69) is 5.32 Å². The minimum atomic E-state index is -3.55. The third kappa shape index (κ3) is 4.42. The van der Waals surface area contributed by atoms with E-state index in [0.717, 1.165) is 11.1 Å². The molecular formula is C14H24ClN3O3S. The van der Waals surface area contributed by atoms with Gasteiger partial charge in [0.25, 0.3) is 0 Å². The van der Waals surface area contributed by atoms with Crippen LogP contribution in [0.25, 0.3) is 0 Å². The lowest BCUT2D eigenvalue weighted by Gasteiger charge is -2.20. The Morgan fingerprint density at radius 1 is 1.23 bits per heavy atom. The molecule has 0 aromatic heterocycles. The van der Waals surface area contributed by atoms with Gasteiger partial charge in [0.05, 0.1) is 11.4 Å². The lowest BCUT2D eigenvalue weighted by molar-refractivity contribution is -0.114. The zero-order valence-electron chi connectivity index (χ0n) is 13.3. The second-order valence-corrected chi connectivity index (χ2v) is 6.69. The summed E-state index contributed by atoms with van der Waals surface area (Å²) < 4.78 is 26.5. The van der Waals surface area contributed by atoms with Crippen LogP contribution in [0.2, 0.25) is 0 Å². The van der Waals surface area contributed by atoms with Gasteiger partial charge < -0.3 is 11.1 Å². The molecular weight excluding hydrogens is 326 g/mol. The molecule has 1 rings (SSSR count). The third-order valence-electron chi connectivity index (χ3n) is 3.44. The first-order valence-electron chi connectivity index (χ1n) is 6.89. The van der Waals surface area contributed by atoms with E-state index in [1.165, 1.54) is 10.4 Å². The van der Waals surface area contributed by atoms with Crippen molar-refractivity contribution in [2.24, 2.45) is 5.73 Å². The summed E-state index contributed by atoms with van der Waals surface area (Å²) in [6.07, 6.45) is 0. The molecule has 1 aromatic carbocycles. The number of anilines is 1. The van der Waals surface area contributed by atoms with E-state index in [4.69, 9.17) is 5.73 Å². The van der Waals surface area contributed by atoms with Gasteiger partial charge in [-0.15, -0.1) is 12.4 Å². The molecule has 0 spiro atoms. The molecule has 0 aliphatic heterocycles. The van der Waals surface area contributed by atoms with Crippen LogP contribution in [0.4, 0.5) is 5.69 Å². The number of hydrogen-bond acceptors (Lipinski definition) is 4. The lowest BCUT2D eigenvalue weighted by atomic mass is 10.1. The number of nitrogens with two attached hydrogens (primary N) is 1. The average Bonchev–Trinajstić information content (AvgIpc) is 2.44. The highest BCUT2D eigenvalue weighted by Gasteiger charge is 2.23. The van der Waals surface area contributed by atoms with Gasteiger partial charge in [0, 0.05) is 18.8 Å². The number of nitrogens with zero attached hydrogens (tertiary/aromatic N) is 1. The summed E-state index contributed by atoms with van der Waals surface area (Å²) in [6, 6.07) is 3.12. The molecule has 8 heteroatoms. The highest BCUT2D eigenvalue weighted by molar-refractivity contribution is 7.89. The van der Waals surface area contributed by atoms with Crippen LogP contribution < -0.4 is 11.1 Å². The van der Waals surface area contributed by atoms with Crippen LogP contribution in [-0.2, 0) is 14.8 Å². The number of halogens is 1. The van der Waals surface area contributed by atoms with E-state index in [9.17, 15) is 13.2 Å². The van der Waals surface area contributed by atoms with Crippen LogP contribution in [0.1, 0.15) is 25.0 Å². The molecule has 126 valence electrons. The molecule has 0 saturated carbocycles. The SMILES string of the molecule is CCN(CC)S(=O)(=O)c1cc(C)c(C)c(NC(=O)CN)c1.Cl. The average molecular weight is 350 g/mol. The number of carbonyl (C=O) groups excluding carboxylic acids is 1. The lowest BCUT2D eigenvalue weighted by Crippen LogP contribution is -2.31. The van der Waals surface area contributed by atoms with E-state index < -0.39 is 10.0 Å². The fraction of sp³-hybridized carbons (Fsp3) is 0.500. The maximum absolute atomic E-state index is 12.6. The molecule has 0 saturated heterocycles. The summed E-state index contributed by atoms with van der Waals surface area (Å²) in [6.45, 7) is 7.88. The molecule has 0 fully saturated rings. The Bertz CT molecular complexity index is 628. The van der Waals surface area contributed by atoms with Gasteiger partial charge in [0.2, 0.25) is 15.9 Å². The van der Waals surface area contributed by atoms with Gasteiger partial charge in [-0.05, 0) is 37.1 Å². The fourth-order valence-corrected chi connectivity index (χ4v) is 3.59. The summed E-state index contributed by atoms with van der Waals surface area (Å²) in [5.41, 5.74) is 7.40. The molecule has 6 nitrogen and oxygen atoms in total. The number of aryl methyl sites for hydroxylation is 1. The van der Waals surface area contributed by atoms with Crippen LogP contribution in [-0.4, -0.2) is 38.3 Å². The predicted molar refractivity (Wildman–Crippen MR) is 91.0 cm³/mol. The van der Waals surface area contributed by atoms with Crippen molar-refractivity contribution in [1.29, 1.82) is 0 Å². The Morgan fingerprint density at radius 3 is 2.23 bits per heavy atom. The van der Waals surface area contributed by atoms with Crippen molar-refractivity contribution in [3.05, 3.63) is 23.3 Å². The second-order valence-electron chi connectivity index (χ2n) is 4.75. The van der Waals surface area contributed by atoms with Gasteiger partial charge in [-0.25, -0.2) is 8.42 Å². The Morgan fingerprint density at radius 2 is 1.77 bits per heavy atom. The number of amides is 1. The smallest absolute Gasteiger partial charge is 0.243 e. The first-order valence-corrected chi connectivity index (χ1v) is 8.33. The van der Waals surface area contributed by atoms with Crippen molar-refractivity contribution < 1.29 is 13.2 Å². The highest BCUT2D eigenvalue weighted by Crippen LogP contribution is 2.26. The summed E-state index contributed by atoms with van der Waals surface area (Å²) in [5, 5.41) is 2.64. The second kappa shape index (κ2) is 8.47. The largest absolute Gasteiger partial charge is 0.325 e. The van der Waals surface area contributed by atoms with Crippen LogP contribution in [0, 0.1) is 13.8 Å². The number of hydrogen-bond donors (Lipinski definition) is 2. The van der Waals surface area contributed by atoms with Gasteiger partial charge in [0.1, 0.15) is 0 Å². The Balaban J connectivity index is 0.00000441. The molecule has 22 heavy (non-hydrogen) atoms. The van der Waals surface area contributed by atoms with E-state index in [-0.39, 0.29) is 29.8 Å². The fourth-order valence-electron chi connectivity index (χ4n) is 2.02. The van der Waals surface area contributed by atoms with Crippen molar-refractivity contribution in [2.45, 2.75) is 32.6 Å². The molecule has 0 aliphatic carbocycles. The standard InChI is InChI=1S/C14H23N3O3S.ClH/c1-5-17(6-2)21(19,20)12-7-10(3)11(4)13(8-12)16-14(18)9-15;/h7-8H,5-6,9,15H2,1-4H3,(H,16,18);1H. The molecule has 0 unspecified atom stereocenters. The predicted octanol–water partition coefficient (Wildman–Crippen LogP) is 1.65. The first kappa shape index (κ1) is 20.9. The van der Waals surface area contributed by atoms with Crippen LogP contribution in [0.5, 0.6) is 0 Å². The molecule has 0 atom stereocenters. The van der Waals surface area contributed by atoms with Crippen molar-refractivity contribution in [1.82, 2.24) is 4.31 Å². The number of carbonyl (C=O) groups is 1. The first-order chi connectivity index (χ1) is 9.77. The van der Waals surface area contributed by atoms with E-state index in [1.807, 2.05) is 13.8 Å². The summed E-state index contributed by atoms with van der Waals surface area (Å²) in [7, 11) is -3.55. The van der Waals surface area contributed by atoms with E-state index in [0.29, 0.717) is 18.8 Å².